The van der Waals surface area contributed by atoms with Gasteiger partial charge in [-0.15, -0.1) is 0 Å². The zero-order valence-corrected chi connectivity index (χ0v) is 13.3. The van der Waals surface area contributed by atoms with Crippen LogP contribution in [0.1, 0.15) is 51.3 Å². The van der Waals surface area contributed by atoms with Gasteiger partial charge >= 0.3 is 0 Å². The van der Waals surface area contributed by atoms with Crippen molar-refractivity contribution in [3.05, 3.63) is 12.2 Å². The molecule has 21 heavy (non-hydrogen) atoms. The Morgan fingerprint density at radius 1 is 1.38 bits per heavy atom. The second kappa shape index (κ2) is 6.44. The monoisotopic (exact) mass is 292 g/mol. The highest BCUT2D eigenvalue weighted by atomic mass is 16.5. The van der Waals surface area contributed by atoms with Gasteiger partial charge in [-0.2, -0.15) is 5.10 Å². The van der Waals surface area contributed by atoms with E-state index < -0.39 is 0 Å². The number of nitrogens with one attached hydrogen (secondary N) is 1. The van der Waals surface area contributed by atoms with Gasteiger partial charge in [0.15, 0.2) is 5.82 Å². The van der Waals surface area contributed by atoms with E-state index in [9.17, 15) is 0 Å². The molecule has 0 aliphatic heterocycles. The summed E-state index contributed by atoms with van der Waals surface area (Å²) in [7, 11) is 1.92. The fourth-order valence-corrected chi connectivity index (χ4v) is 4.21. The van der Waals surface area contributed by atoms with Crippen LogP contribution < -0.4 is 5.32 Å². The molecular weight excluding hydrogens is 264 g/mol. The quantitative estimate of drug-likeness (QED) is 0.872. The Kier molecular flexibility index (Phi) is 4.60. The maximum Gasteiger partial charge on any atom is 0.151 e. The van der Waals surface area contributed by atoms with Crippen molar-refractivity contribution in [2.24, 2.45) is 12.5 Å². The smallest absolute Gasteiger partial charge is 0.151 e. The van der Waals surface area contributed by atoms with Crippen LogP contribution in [-0.2, 0) is 18.2 Å². The highest BCUT2D eigenvalue weighted by molar-refractivity contribution is 5.09. The van der Waals surface area contributed by atoms with Crippen molar-refractivity contribution in [1.82, 2.24) is 20.1 Å². The molecule has 2 fully saturated rings. The number of rotatable bonds is 6. The molecule has 0 radical (unpaired) electrons. The predicted molar refractivity (Wildman–Crippen MR) is 82.0 cm³/mol. The minimum atomic E-state index is 0.409. The van der Waals surface area contributed by atoms with Crippen LogP contribution in [0, 0.1) is 5.41 Å². The second-order valence-electron chi connectivity index (χ2n) is 6.56. The van der Waals surface area contributed by atoms with E-state index in [1.54, 1.807) is 11.0 Å². The molecule has 1 heterocycles. The van der Waals surface area contributed by atoms with E-state index in [1.807, 2.05) is 7.05 Å². The zero-order valence-electron chi connectivity index (χ0n) is 13.3. The van der Waals surface area contributed by atoms with Crippen molar-refractivity contribution in [2.75, 3.05) is 13.2 Å². The Bertz CT molecular complexity index is 453. The number of aryl methyl sites for hydroxylation is 1. The molecule has 5 nitrogen and oxygen atoms in total. The zero-order chi connectivity index (χ0) is 14.7. The molecule has 3 rings (SSSR count). The van der Waals surface area contributed by atoms with Crippen molar-refractivity contribution in [3.63, 3.8) is 0 Å². The normalized spacial score (nSPS) is 27.7. The largest absolute Gasteiger partial charge is 0.378 e. The van der Waals surface area contributed by atoms with E-state index in [2.05, 4.69) is 22.3 Å². The van der Waals surface area contributed by atoms with Crippen molar-refractivity contribution in [3.8, 4) is 0 Å². The molecule has 2 unspecified atom stereocenters. The van der Waals surface area contributed by atoms with Crippen LogP contribution in [0.5, 0.6) is 0 Å². The van der Waals surface area contributed by atoms with E-state index in [0.717, 1.165) is 25.4 Å². The molecule has 0 aromatic carbocycles. The van der Waals surface area contributed by atoms with Crippen LogP contribution in [0.4, 0.5) is 0 Å². The highest BCUT2D eigenvalue weighted by Crippen LogP contribution is 2.53. The first-order chi connectivity index (χ1) is 10.2. The predicted octanol–water partition coefficient (Wildman–Crippen LogP) is 2.08. The van der Waals surface area contributed by atoms with Crippen molar-refractivity contribution < 1.29 is 4.74 Å². The molecule has 2 aliphatic carbocycles. The highest BCUT2D eigenvalue weighted by Gasteiger charge is 2.55. The first-order valence-electron chi connectivity index (χ1n) is 8.44. The summed E-state index contributed by atoms with van der Waals surface area (Å²) >= 11 is 0. The summed E-state index contributed by atoms with van der Waals surface area (Å²) in [5, 5.41) is 8.10. The fraction of sp³-hybridized carbons (Fsp3) is 0.875. The SMILES string of the molecule is CCOC1CC(NCCc2ncn(C)n2)C12CCCCC2. The van der Waals surface area contributed by atoms with E-state index in [4.69, 9.17) is 4.74 Å². The number of ether oxygens (including phenoxy) is 1. The number of aromatic nitrogens is 3. The lowest BCUT2D eigenvalue weighted by molar-refractivity contribution is -0.149. The third-order valence-corrected chi connectivity index (χ3v) is 5.32. The average molecular weight is 292 g/mol. The minimum Gasteiger partial charge on any atom is -0.378 e. The van der Waals surface area contributed by atoms with Crippen LogP contribution in [0.15, 0.2) is 6.33 Å². The van der Waals surface area contributed by atoms with Gasteiger partial charge < -0.3 is 10.1 Å². The Hall–Kier alpha value is -0.940. The maximum absolute atomic E-state index is 6.00. The molecule has 1 N–H and O–H groups in total. The molecule has 1 aromatic heterocycles. The van der Waals surface area contributed by atoms with Crippen LogP contribution in [0.25, 0.3) is 0 Å². The van der Waals surface area contributed by atoms with Gasteiger partial charge in [0.1, 0.15) is 6.33 Å². The summed E-state index contributed by atoms with van der Waals surface area (Å²) in [5.41, 5.74) is 0.409. The fourth-order valence-electron chi connectivity index (χ4n) is 4.21. The first kappa shape index (κ1) is 15.0. The lowest BCUT2D eigenvalue weighted by Crippen LogP contribution is -2.64. The third-order valence-electron chi connectivity index (χ3n) is 5.32. The van der Waals surface area contributed by atoms with Crippen molar-refractivity contribution in [1.29, 1.82) is 0 Å². The lowest BCUT2D eigenvalue weighted by Gasteiger charge is -2.58. The summed E-state index contributed by atoms with van der Waals surface area (Å²) in [6.07, 6.45) is 11.1. The molecule has 2 aliphatic rings. The average Bonchev–Trinajstić information content (AvgIpc) is 2.92. The molecule has 0 bridgehead atoms. The number of hydrogen-bond acceptors (Lipinski definition) is 4. The Morgan fingerprint density at radius 2 is 2.19 bits per heavy atom. The Balaban J connectivity index is 1.52. The minimum absolute atomic E-state index is 0.409. The molecule has 2 saturated carbocycles. The molecule has 0 saturated heterocycles. The molecule has 1 spiro atoms. The van der Waals surface area contributed by atoms with Gasteiger partial charge in [-0.1, -0.05) is 19.3 Å². The standard InChI is InChI=1S/C16H28N4O/c1-3-21-14-11-13(16(14)8-5-4-6-9-16)17-10-7-15-18-12-20(2)19-15/h12-14,17H,3-11H2,1-2H3. The van der Waals surface area contributed by atoms with Gasteiger partial charge in [0.2, 0.25) is 0 Å². The maximum atomic E-state index is 6.00. The summed E-state index contributed by atoms with van der Waals surface area (Å²) in [6.45, 7) is 3.93. The van der Waals surface area contributed by atoms with E-state index in [-0.39, 0.29) is 0 Å². The van der Waals surface area contributed by atoms with Crippen LogP contribution in [-0.4, -0.2) is 40.1 Å². The molecule has 5 heteroatoms. The summed E-state index contributed by atoms with van der Waals surface area (Å²) in [6, 6.07) is 0.623. The van der Waals surface area contributed by atoms with Crippen LogP contribution in [0.2, 0.25) is 0 Å². The number of nitrogens with zero attached hydrogens (tertiary/aromatic N) is 3. The summed E-state index contributed by atoms with van der Waals surface area (Å²) in [4.78, 5) is 4.29. The lowest BCUT2D eigenvalue weighted by atomic mass is 9.55. The van der Waals surface area contributed by atoms with Crippen LogP contribution in [0.3, 0.4) is 0 Å². The van der Waals surface area contributed by atoms with Gasteiger partial charge in [-0.05, 0) is 26.2 Å². The number of hydrogen-bond donors (Lipinski definition) is 1. The van der Waals surface area contributed by atoms with Crippen LogP contribution >= 0.6 is 0 Å². The first-order valence-corrected chi connectivity index (χ1v) is 8.44. The van der Waals surface area contributed by atoms with E-state index in [1.165, 1.54) is 38.5 Å². The summed E-state index contributed by atoms with van der Waals surface area (Å²) < 4.78 is 7.77. The topological polar surface area (TPSA) is 52.0 Å². The van der Waals surface area contributed by atoms with E-state index in [0.29, 0.717) is 17.6 Å². The molecule has 0 amide bonds. The second-order valence-corrected chi connectivity index (χ2v) is 6.56. The van der Waals surface area contributed by atoms with Gasteiger partial charge in [0, 0.05) is 38.1 Å². The van der Waals surface area contributed by atoms with Crippen molar-refractivity contribution >= 4 is 0 Å². The van der Waals surface area contributed by atoms with Gasteiger partial charge in [0.05, 0.1) is 6.10 Å². The molecule has 1 aromatic rings. The Morgan fingerprint density at radius 3 is 2.86 bits per heavy atom. The van der Waals surface area contributed by atoms with Gasteiger partial charge in [-0.25, -0.2) is 4.98 Å². The van der Waals surface area contributed by atoms with Gasteiger partial charge in [-0.3, -0.25) is 4.68 Å². The molecular formula is C16H28N4O. The Labute approximate surface area is 127 Å². The molecule has 2 atom stereocenters. The van der Waals surface area contributed by atoms with E-state index >= 15 is 0 Å². The van der Waals surface area contributed by atoms with Gasteiger partial charge in [0.25, 0.3) is 0 Å². The molecule has 118 valence electrons. The van der Waals surface area contributed by atoms with Crippen molar-refractivity contribution in [2.45, 2.75) is 64.0 Å². The summed E-state index contributed by atoms with van der Waals surface area (Å²) in [5.74, 6) is 0.934. The third kappa shape index (κ3) is 2.99.